The molecule has 6 nitrogen and oxygen atoms in total. The first-order chi connectivity index (χ1) is 10.2. The summed E-state index contributed by atoms with van der Waals surface area (Å²) in [6.45, 7) is 3.08. The van der Waals surface area contributed by atoms with E-state index in [1.54, 1.807) is 17.9 Å². The van der Waals surface area contributed by atoms with Gasteiger partial charge >= 0.3 is 5.97 Å². The summed E-state index contributed by atoms with van der Waals surface area (Å²) in [6.07, 6.45) is 2.88. The van der Waals surface area contributed by atoms with Crippen LogP contribution in [0.2, 0.25) is 0 Å². The van der Waals surface area contributed by atoms with Crippen LogP contribution in [0.25, 0.3) is 0 Å². The maximum atomic E-state index is 12.4. The van der Waals surface area contributed by atoms with Gasteiger partial charge in [-0.2, -0.15) is 5.26 Å². The topological polar surface area (TPSA) is 83.3 Å². The highest BCUT2D eigenvalue weighted by Gasteiger charge is 2.30. The van der Waals surface area contributed by atoms with Crippen molar-refractivity contribution in [2.75, 3.05) is 19.7 Å². The van der Waals surface area contributed by atoms with Crippen molar-refractivity contribution in [1.29, 1.82) is 5.26 Å². The molecule has 0 radical (unpaired) electrons. The van der Waals surface area contributed by atoms with Gasteiger partial charge in [-0.05, 0) is 31.9 Å². The monoisotopic (exact) mass is 287 g/mol. The number of carbonyl (C=O) groups excluding carboxylic acids is 2. The molecule has 1 aliphatic heterocycles. The predicted octanol–water partition coefficient (Wildman–Crippen LogP) is 1.37. The first kappa shape index (κ1) is 15.0. The Kier molecular flexibility index (Phi) is 4.88. The quantitative estimate of drug-likeness (QED) is 0.784. The number of aromatic nitrogens is 1. The van der Waals surface area contributed by atoms with E-state index in [2.05, 4.69) is 4.98 Å². The molecular formula is C15H17N3O3. The van der Waals surface area contributed by atoms with E-state index in [4.69, 9.17) is 10.00 Å². The number of pyridine rings is 1. The van der Waals surface area contributed by atoms with E-state index in [1.165, 1.54) is 12.3 Å². The third-order valence-electron chi connectivity index (χ3n) is 3.44. The molecule has 0 aliphatic carbocycles. The highest BCUT2D eigenvalue weighted by molar-refractivity contribution is 5.92. The van der Waals surface area contributed by atoms with Crippen LogP contribution in [0.4, 0.5) is 0 Å². The number of rotatable bonds is 3. The third-order valence-corrected chi connectivity index (χ3v) is 3.44. The largest absolute Gasteiger partial charge is 0.466 e. The Morgan fingerprint density at radius 3 is 2.95 bits per heavy atom. The smallest absolute Gasteiger partial charge is 0.310 e. The summed E-state index contributed by atoms with van der Waals surface area (Å²) in [5.74, 6) is -0.725. The standard InChI is InChI=1S/C15H17N3O3/c1-2-21-15(20)12-4-3-7-18(10-12)14(19)13-6-5-11(8-16)9-17-13/h5-6,9,12H,2-4,7,10H2,1H3/t12-/m1/s1. The zero-order valence-electron chi connectivity index (χ0n) is 11.9. The Morgan fingerprint density at radius 1 is 1.52 bits per heavy atom. The second kappa shape index (κ2) is 6.84. The lowest BCUT2D eigenvalue weighted by Gasteiger charge is -2.31. The van der Waals surface area contributed by atoms with E-state index >= 15 is 0 Å². The fourth-order valence-electron chi connectivity index (χ4n) is 2.36. The van der Waals surface area contributed by atoms with Gasteiger partial charge in [0.15, 0.2) is 0 Å². The van der Waals surface area contributed by atoms with E-state index in [9.17, 15) is 9.59 Å². The molecule has 1 saturated heterocycles. The number of likely N-dealkylation sites (tertiary alicyclic amines) is 1. The second-order valence-electron chi connectivity index (χ2n) is 4.89. The molecule has 1 aromatic heterocycles. The van der Waals surface area contributed by atoms with Crippen LogP contribution in [-0.4, -0.2) is 41.5 Å². The van der Waals surface area contributed by atoms with Crippen LogP contribution < -0.4 is 0 Å². The van der Waals surface area contributed by atoms with E-state index in [0.29, 0.717) is 31.0 Å². The number of esters is 1. The Bertz CT molecular complexity index is 563. The van der Waals surface area contributed by atoms with Crippen LogP contribution in [0.15, 0.2) is 18.3 Å². The van der Waals surface area contributed by atoms with Crippen molar-refractivity contribution in [2.45, 2.75) is 19.8 Å². The Hall–Kier alpha value is -2.42. The number of nitriles is 1. The average Bonchev–Trinajstić information content (AvgIpc) is 2.54. The van der Waals surface area contributed by atoms with Gasteiger partial charge in [0.2, 0.25) is 0 Å². The third kappa shape index (κ3) is 3.57. The zero-order valence-corrected chi connectivity index (χ0v) is 11.9. The zero-order chi connectivity index (χ0) is 15.2. The number of nitrogens with zero attached hydrogens (tertiary/aromatic N) is 3. The van der Waals surface area contributed by atoms with Gasteiger partial charge in [0, 0.05) is 19.3 Å². The Morgan fingerprint density at radius 2 is 2.33 bits per heavy atom. The molecule has 0 N–H and O–H groups in total. The molecule has 1 amide bonds. The molecular weight excluding hydrogens is 270 g/mol. The summed E-state index contributed by atoms with van der Waals surface area (Å²) in [6, 6.07) is 5.06. The number of hydrogen-bond donors (Lipinski definition) is 0. The second-order valence-corrected chi connectivity index (χ2v) is 4.89. The van der Waals surface area contributed by atoms with Crippen molar-refractivity contribution in [3.8, 4) is 6.07 Å². The fourth-order valence-corrected chi connectivity index (χ4v) is 2.36. The van der Waals surface area contributed by atoms with Crippen LogP contribution in [0.5, 0.6) is 0 Å². The molecule has 6 heteroatoms. The lowest BCUT2D eigenvalue weighted by molar-refractivity contribution is -0.149. The maximum absolute atomic E-state index is 12.4. The molecule has 2 heterocycles. The highest BCUT2D eigenvalue weighted by atomic mass is 16.5. The van der Waals surface area contributed by atoms with Gasteiger partial charge in [-0.25, -0.2) is 4.98 Å². The average molecular weight is 287 g/mol. The summed E-state index contributed by atoms with van der Waals surface area (Å²) < 4.78 is 5.02. The van der Waals surface area contributed by atoms with E-state index < -0.39 is 0 Å². The van der Waals surface area contributed by atoms with Crippen molar-refractivity contribution in [2.24, 2.45) is 5.92 Å². The minimum absolute atomic E-state index is 0.214. The van der Waals surface area contributed by atoms with Crippen molar-refractivity contribution in [3.63, 3.8) is 0 Å². The molecule has 1 aliphatic rings. The van der Waals surface area contributed by atoms with Crippen molar-refractivity contribution in [3.05, 3.63) is 29.6 Å². The van der Waals surface area contributed by atoms with Crippen molar-refractivity contribution >= 4 is 11.9 Å². The van der Waals surface area contributed by atoms with E-state index in [0.717, 1.165) is 12.8 Å². The molecule has 0 bridgehead atoms. The van der Waals surface area contributed by atoms with Gasteiger partial charge < -0.3 is 9.64 Å². The number of amides is 1. The molecule has 1 aromatic rings. The maximum Gasteiger partial charge on any atom is 0.310 e. The van der Waals surface area contributed by atoms with Crippen molar-refractivity contribution in [1.82, 2.24) is 9.88 Å². The Labute approximate surface area is 123 Å². The minimum Gasteiger partial charge on any atom is -0.466 e. The summed E-state index contributed by atoms with van der Waals surface area (Å²) in [7, 11) is 0. The molecule has 1 atom stereocenters. The first-order valence-electron chi connectivity index (χ1n) is 6.97. The van der Waals surface area contributed by atoms with Gasteiger partial charge in [0.05, 0.1) is 18.1 Å². The van der Waals surface area contributed by atoms with Crippen LogP contribution in [0.1, 0.15) is 35.8 Å². The molecule has 0 saturated carbocycles. The SMILES string of the molecule is CCOC(=O)[C@@H]1CCCN(C(=O)c2ccc(C#N)cn2)C1. The number of hydrogen-bond acceptors (Lipinski definition) is 5. The van der Waals surface area contributed by atoms with Crippen LogP contribution in [0, 0.1) is 17.2 Å². The molecule has 21 heavy (non-hydrogen) atoms. The molecule has 0 unspecified atom stereocenters. The lowest BCUT2D eigenvalue weighted by atomic mass is 9.98. The summed E-state index contributed by atoms with van der Waals surface area (Å²) in [5.41, 5.74) is 0.702. The van der Waals surface area contributed by atoms with Gasteiger partial charge in [-0.3, -0.25) is 9.59 Å². The molecule has 2 rings (SSSR count). The van der Waals surface area contributed by atoms with Gasteiger partial charge in [0.25, 0.3) is 5.91 Å². The van der Waals surface area contributed by atoms with E-state index in [1.807, 2.05) is 6.07 Å². The number of carbonyl (C=O) groups is 2. The van der Waals surface area contributed by atoms with E-state index in [-0.39, 0.29) is 17.8 Å². The number of ether oxygens (including phenoxy) is 1. The molecule has 1 fully saturated rings. The molecule has 0 aromatic carbocycles. The van der Waals surface area contributed by atoms with Crippen LogP contribution in [0.3, 0.4) is 0 Å². The van der Waals surface area contributed by atoms with Crippen molar-refractivity contribution < 1.29 is 14.3 Å². The highest BCUT2D eigenvalue weighted by Crippen LogP contribution is 2.19. The number of piperidine rings is 1. The lowest BCUT2D eigenvalue weighted by Crippen LogP contribution is -2.43. The fraction of sp³-hybridized carbons (Fsp3) is 0.467. The summed E-state index contributed by atoms with van der Waals surface area (Å²) >= 11 is 0. The van der Waals surface area contributed by atoms with Crippen LogP contribution in [-0.2, 0) is 9.53 Å². The van der Waals surface area contributed by atoms with Crippen LogP contribution >= 0.6 is 0 Å². The van der Waals surface area contributed by atoms with Gasteiger partial charge in [0.1, 0.15) is 11.8 Å². The first-order valence-corrected chi connectivity index (χ1v) is 6.97. The Balaban J connectivity index is 2.04. The molecule has 0 spiro atoms. The minimum atomic E-state index is -0.263. The predicted molar refractivity (Wildman–Crippen MR) is 74.2 cm³/mol. The van der Waals surface area contributed by atoms with Gasteiger partial charge in [-0.1, -0.05) is 0 Å². The van der Waals surface area contributed by atoms with Gasteiger partial charge in [-0.15, -0.1) is 0 Å². The normalized spacial score (nSPS) is 17.9. The summed E-state index contributed by atoms with van der Waals surface area (Å²) in [4.78, 5) is 29.8. The molecule has 110 valence electrons. The summed E-state index contributed by atoms with van der Waals surface area (Å²) in [5, 5.41) is 8.73.